The maximum absolute atomic E-state index is 12.3. The van der Waals surface area contributed by atoms with Crippen LogP contribution in [-0.4, -0.2) is 66.4 Å². The molecule has 0 aromatic carbocycles. The van der Waals surface area contributed by atoms with Crippen LogP contribution in [0.5, 0.6) is 0 Å². The number of rotatable bonds is 3. The normalized spacial score (nSPS) is 24.0. The zero-order valence-electron chi connectivity index (χ0n) is 13.7. The van der Waals surface area contributed by atoms with Gasteiger partial charge >= 0.3 is 12.0 Å². The van der Waals surface area contributed by atoms with Gasteiger partial charge in [0.25, 0.3) is 0 Å². The lowest BCUT2D eigenvalue weighted by molar-refractivity contribution is -0.146. The predicted molar refractivity (Wildman–Crippen MR) is 88.2 cm³/mol. The number of amides is 2. The van der Waals surface area contributed by atoms with Gasteiger partial charge in [-0.3, -0.25) is 10.1 Å². The van der Waals surface area contributed by atoms with Crippen molar-refractivity contribution < 1.29 is 19.4 Å². The Bertz CT molecular complexity index is 615. The van der Waals surface area contributed by atoms with Crippen LogP contribution in [0.15, 0.2) is 18.3 Å². The van der Waals surface area contributed by atoms with E-state index in [0.717, 1.165) is 18.8 Å². The molecule has 3 rings (SSSR count). The van der Waals surface area contributed by atoms with Crippen LogP contribution in [0.1, 0.15) is 13.3 Å². The average Bonchev–Trinajstić information content (AvgIpc) is 3.00. The topological polar surface area (TPSA) is 95.0 Å². The van der Waals surface area contributed by atoms with Crippen molar-refractivity contribution in [1.29, 1.82) is 0 Å². The van der Waals surface area contributed by atoms with Crippen molar-refractivity contribution in [2.24, 2.45) is 5.41 Å². The average molecular weight is 334 g/mol. The van der Waals surface area contributed by atoms with E-state index in [4.69, 9.17) is 4.74 Å². The number of urea groups is 1. The van der Waals surface area contributed by atoms with Crippen LogP contribution in [0.3, 0.4) is 0 Å². The number of carbonyl (C=O) groups is 2. The molecule has 0 radical (unpaired) electrons. The van der Waals surface area contributed by atoms with Crippen LogP contribution in [0.2, 0.25) is 0 Å². The van der Waals surface area contributed by atoms with Gasteiger partial charge in [-0.25, -0.2) is 9.78 Å². The molecule has 8 heteroatoms. The molecule has 130 valence electrons. The Balaban J connectivity index is 1.58. The number of nitrogens with one attached hydrogen (secondary N) is 1. The second-order valence-electron chi connectivity index (χ2n) is 6.47. The molecule has 0 spiro atoms. The van der Waals surface area contributed by atoms with Gasteiger partial charge in [0, 0.05) is 26.2 Å². The maximum Gasteiger partial charge on any atom is 0.323 e. The summed E-state index contributed by atoms with van der Waals surface area (Å²) < 4.78 is 5.32. The summed E-state index contributed by atoms with van der Waals surface area (Å²) in [6.07, 6.45) is 2.19. The minimum Gasteiger partial charge on any atom is -0.481 e. The van der Waals surface area contributed by atoms with Gasteiger partial charge in [-0.05, 0) is 25.5 Å². The van der Waals surface area contributed by atoms with E-state index in [9.17, 15) is 14.7 Å². The van der Waals surface area contributed by atoms with Crippen LogP contribution >= 0.6 is 0 Å². The molecule has 0 saturated carbocycles. The van der Waals surface area contributed by atoms with Crippen molar-refractivity contribution in [3.05, 3.63) is 18.3 Å². The standard InChI is InChI=1S/C16H22N4O4/c1-16(14(21)22)4-5-20(11-16)15(23)18-13-3-2-12(10-17-13)19-6-8-24-9-7-19/h2-3,10H,4-9,11H2,1H3,(H,21,22)(H,17,18,23). The van der Waals surface area contributed by atoms with Crippen molar-refractivity contribution in [2.75, 3.05) is 49.6 Å². The lowest BCUT2D eigenvalue weighted by atomic mass is 9.90. The fourth-order valence-corrected chi connectivity index (χ4v) is 2.97. The van der Waals surface area contributed by atoms with Crippen molar-refractivity contribution in [2.45, 2.75) is 13.3 Å². The summed E-state index contributed by atoms with van der Waals surface area (Å²) >= 11 is 0. The minimum absolute atomic E-state index is 0.208. The number of nitrogens with zero attached hydrogens (tertiary/aromatic N) is 3. The molecule has 3 heterocycles. The van der Waals surface area contributed by atoms with Gasteiger partial charge in [-0.1, -0.05) is 0 Å². The number of hydrogen-bond donors (Lipinski definition) is 2. The van der Waals surface area contributed by atoms with Gasteiger partial charge in [0.2, 0.25) is 0 Å². The quantitative estimate of drug-likeness (QED) is 0.864. The largest absolute Gasteiger partial charge is 0.481 e. The van der Waals surface area contributed by atoms with Crippen molar-refractivity contribution in [3.63, 3.8) is 0 Å². The van der Waals surface area contributed by atoms with Gasteiger partial charge in [0.15, 0.2) is 0 Å². The van der Waals surface area contributed by atoms with Gasteiger partial charge < -0.3 is 19.6 Å². The molecule has 2 N–H and O–H groups in total. The Hall–Kier alpha value is -2.35. The number of hydrogen-bond acceptors (Lipinski definition) is 5. The Morgan fingerprint density at radius 1 is 1.29 bits per heavy atom. The van der Waals surface area contributed by atoms with E-state index in [1.54, 1.807) is 19.2 Å². The first-order chi connectivity index (χ1) is 11.5. The summed E-state index contributed by atoms with van der Waals surface area (Å²) in [6.45, 7) is 5.37. The third-order valence-corrected chi connectivity index (χ3v) is 4.64. The van der Waals surface area contributed by atoms with E-state index in [-0.39, 0.29) is 12.6 Å². The summed E-state index contributed by atoms with van der Waals surface area (Å²) in [6, 6.07) is 3.36. The number of carbonyl (C=O) groups excluding carboxylic acids is 1. The number of carboxylic acid groups (broad SMARTS) is 1. The molecule has 0 aliphatic carbocycles. The molecule has 1 atom stereocenters. The molecule has 1 unspecified atom stereocenters. The summed E-state index contributed by atoms with van der Waals surface area (Å²) in [7, 11) is 0. The highest BCUT2D eigenvalue weighted by atomic mass is 16.5. The highest BCUT2D eigenvalue weighted by Crippen LogP contribution is 2.30. The van der Waals surface area contributed by atoms with Crippen LogP contribution in [0, 0.1) is 5.41 Å². The summed E-state index contributed by atoms with van der Waals surface area (Å²) in [5.74, 6) is -0.410. The molecular weight excluding hydrogens is 312 g/mol. The number of aliphatic carboxylic acids is 1. The smallest absolute Gasteiger partial charge is 0.323 e. The third-order valence-electron chi connectivity index (χ3n) is 4.64. The van der Waals surface area contributed by atoms with E-state index < -0.39 is 11.4 Å². The van der Waals surface area contributed by atoms with Crippen LogP contribution < -0.4 is 10.2 Å². The first-order valence-corrected chi connectivity index (χ1v) is 8.06. The maximum atomic E-state index is 12.3. The number of ether oxygens (including phenoxy) is 1. The van der Waals surface area contributed by atoms with Crippen molar-refractivity contribution in [1.82, 2.24) is 9.88 Å². The van der Waals surface area contributed by atoms with Crippen LogP contribution in [0.4, 0.5) is 16.3 Å². The Morgan fingerprint density at radius 3 is 2.62 bits per heavy atom. The predicted octanol–water partition coefficient (Wildman–Crippen LogP) is 1.25. The third kappa shape index (κ3) is 3.43. The van der Waals surface area contributed by atoms with Crippen molar-refractivity contribution in [3.8, 4) is 0 Å². The van der Waals surface area contributed by atoms with Gasteiger partial charge in [-0.15, -0.1) is 0 Å². The number of anilines is 2. The zero-order chi connectivity index (χ0) is 17.2. The lowest BCUT2D eigenvalue weighted by Gasteiger charge is -2.28. The molecule has 8 nitrogen and oxygen atoms in total. The number of carboxylic acids is 1. The molecule has 0 bridgehead atoms. The Kier molecular flexibility index (Phi) is 4.57. The Morgan fingerprint density at radius 2 is 2.04 bits per heavy atom. The SMILES string of the molecule is CC1(C(=O)O)CCN(C(=O)Nc2ccc(N3CCOCC3)cn2)C1. The molecule has 2 saturated heterocycles. The number of pyridine rings is 1. The monoisotopic (exact) mass is 334 g/mol. The summed E-state index contributed by atoms with van der Waals surface area (Å²) in [4.78, 5) is 31.5. The zero-order valence-corrected chi connectivity index (χ0v) is 13.7. The van der Waals surface area contributed by atoms with E-state index in [1.165, 1.54) is 4.90 Å². The second kappa shape index (κ2) is 6.64. The van der Waals surface area contributed by atoms with E-state index in [2.05, 4.69) is 15.2 Å². The number of aromatic nitrogens is 1. The molecule has 2 aliphatic heterocycles. The van der Waals surface area contributed by atoms with E-state index >= 15 is 0 Å². The minimum atomic E-state index is -0.870. The summed E-state index contributed by atoms with van der Waals surface area (Å²) in [5, 5.41) is 12.0. The highest BCUT2D eigenvalue weighted by Gasteiger charge is 2.42. The lowest BCUT2D eigenvalue weighted by Crippen LogP contribution is -2.37. The van der Waals surface area contributed by atoms with E-state index in [0.29, 0.717) is 32.0 Å². The fourth-order valence-electron chi connectivity index (χ4n) is 2.97. The molecule has 24 heavy (non-hydrogen) atoms. The molecule has 1 aromatic heterocycles. The molecule has 2 fully saturated rings. The number of likely N-dealkylation sites (tertiary alicyclic amines) is 1. The van der Waals surface area contributed by atoms with Gasteiger partial charge in [0.05, 0.1) is 30.5 Å². The second-order valence-corrected chi connectivity index (χ2v) is 6.47. The molecular formula is C16H22N4O4. The molecule has 2 amide bonds. The van der Waals surface area contributed by atoms with Gasteiger partial charge in [-0.2, -0.15) is 0 Å². The molecule has 2 aliphatic rings. The summed E-state index contributed by atoms with van der Waals surface area (Å²) in [5.41, 5.74) is 0.126. The highest BCUT2D eigenvalue weighted by molar-refractivity contribution is 5.89. The molecule has 1 aromatic rings. The van der Waals surface area contributed by atoms with Crippen LogP contribution in [-0.2, 0) is 9.53 Å². The number of morpholine rings is 1. The van der Waals surface area contributed by atoms with E-state index in [1.807, 2.05) is 6.07 Å². The Labute approximate surface area is 140 Å². The van der Waals surface area contributed by atoms with Crippen LogP contribution in [0.25, 0.3) is 0 Å². The van der Waals surface area contributed by atoms with Gasteiger partial charge in [0.1, 0.15) is 5.82 Å². The van der Waals surface area contributed by atoms with Crippen molar-refractivity contribution >= 4 is 23.5 Å². The first-order valence-electron chi connectivity index (χ1n) is 8.06. The fraction of sp³-hybridized carbons (Fsp3) is 0.562. The first kappa shape index (κ1) is 16.5.